The average molecular weight is 742 g/mol. The number of nitrogens with one attached hydrogen (secondary N) is 1. The number of unbranched alkanes of at least 4 members (excludes halogenated alkanes) is 20. The lowest BCUT2D eigenvalue weighted by molar-refractivity contribution is -0.870. The molecule has 0 saturated carbocycles. The number of carbonyl (C=O) groups excluding carboxylic acids is 1. The number of hydrogen-bond acceptors (Lipinski definition) is 5. The van der Waals surface area contributed by atoms with Gasteiger partial charge < -0.3 is 19.8 Å². The lowest BCUT2D eigenvalue weighted by Gasteiger charge is -2.25. The maximum Gasteiger partial charge on any atom is 0.472 e. The van der Waals surface area contributed by atoms with Crippen molar-refractivity contribution in [2.24, 2.45) is 0 Å². The van der Waals surface area contributed by atoms with Crippen LogP contribution in [0.5, 0.6) is 0 Å². The van der Waals surface area contributed by atoms with Gasteiger partial charge in [-0.15, -0.1) is 0 Å². The predicted octanol–water partition coefficient (Wildman–Crippen LogP) is 11.1. The van der Waals surface area contributed by atoms with Gasteiger partial charge in [0, 0.05) is 6.42 Å². The lowest BCUT2D eigenvalue weighted by atomic mass is 10.0. The van der Waals surface area contributed by atoms with Gasteiger partial charge in [0.1, 0.15) is 13.2 Å². The third-order valence-corrected chi connectivity index (χ3v) is 10.1. The zero-order valence-electron chi connectivity index (χ0n) is 33.8. The normalized spacial score (nSPS) is 14.9. The van der Waals surface area contributed by atoms with E-state index < -0.39 is 20.0 Å². The molecule has 0 aliphatic heterocycles. The standard InChI is InChI=1S/C42H81N2O6P/c1-6-8-10-12-14-16-18-19-20-21-22-23-24-25-26-27-29-31-33-35-41(45)40(39-50-51(47,48)49-38-37-44(3,4)5)43-42(46)36-34-32-30-28-17-15-13-11-9-7-2/h13,15,26-27,33,35,40-41,45H,6-12,14,16-25,28-32,34,36-39H2,1-5H3,(H-,43,46,47,48)/p+1/b15-13-,27-26+,35-33+. The molecule has 300 valence electrons. The predicted molar refractivity (Wildman–Crippen MR) is 217 cm³/mol. The van der Waals surface area contributed by atoms with Crippen LogP contribution in [0.3, 0.4) is 0 Å². The molecule has 0 aromatic heterocycles. The van der Waals surface area contributed by atoms with Gasteiger partial charge in [-0.2, -0.15) is 0 Å². The van der Waals surface area contributed by atoms with Crippen LogP contribution in [0, 0.1) is 0 Å². The van der Waals surface area contributed by atoms with Crippen molar-refractivity contribution in [1.29, 1.82) is 0 Å². The molecule has 0 rings (SSSR count). The lowest BCUT2D eigenvalue weighted by Crippen LogP contribution is -2.45. The van der Waals surface area contributed by atoms with E-state index in [1.54, 1.807) is 6.08 Å². The van der Waals surface area contributed by atoms with Crippen LogP contribution in [-0.4, -0.2) is 73.4 Å². The summed E-state index contributed by atoms with van der Waals surface area (Å²) in [5.41, 5.74) is 0. The number of hydrogen-bond donors (Lipinski definition) is 3. The van der Waals surface area contributed by atoms with Gasteiger partial charge in [0.15, 0.2) is 0 Å². The van der Waals surface area contributed by atoms with Crippen molar-refractivity contribution in [3.8, 4) is 0 Å². The number of aliphatic hydroxyl groups excluding tert-OH is 1. The zero-order chi connectivity index (χ0) is 37.9. The van der Waals surface area contributed by atoms with Gasteiger partial charge in [0.25, 0.3) is 0 Å². The summed E-state index contributed by atoms with van der Waals surface area (Å²) in [5.74, 6) is -0.203. The molecule has 0 radical (unpaired) electrons. The molecule has 51 heavy (non-hydrogen) atoms. The first-order chi connectivity index (χ1) is 24.5. The Kier molecular flexibility index (Phi) is 33.6. The van der Waals surface area contributed by atoms with E-state index in [0.29, 0.717) is 17.4 Å². The smallest absolute Gasteiger partial charge is 0.387 e. The van der Waals surface area contributed by atoms with Crippen LogP contribution in [0.25, 0.3) is 0 Å². The Morgan fingerprint density at radius 3 is 1.63 bits per heavy atom. The van der Waals surface area contributed by atoms with Crippen molar-refractivity contribution >= 4 is 13.7 Å². The second kappa shape index (κ2) is 34.5. The fourth-order valence-corrected chi connectivity index (χ4v) is 6.42. The number of phosphoric acid groups is 1. The van der Waals surface area contributed by atoms with Crippen LogP contribution in [-0.2, 0) is 18.4 Å². The van der Waals surface area contributed by atoms with Crippen molar-refractivity contribution in [2.45, 2.75) is 187 Å². The average Bonchev–Trinajstić information content (AvgIpc) is 3.07. The molecule has 0 aromatic rings. The molecule has 0 aliphatic rings. The van der Waals surface area contributed by atoms with Crippen LogP contribution in [0.1, 0.15) is 174 Å². The van der Waals surface area contributed by atoms with Crippen LogP contribution >= 0.6 is 7.82 Å². The van der Waals surface area contributed by atoms with Crippen molar-refractivity contribution in [1.82, 2.24) is 5.32 Å². The summed E-state index contributed by atoms with van der Waals surface area (Å²) >= 11 is 0. The van der Waals surface area contributed by atoms with E-state index in [9.17, 15) is 19.4 Å². The van der Waals surface area contributed by atoms with Gasteiger partial charge in [0.05, 0.1) is 39.9 Å². The molecule has 3 unspecified atom stereocenters. The zero-order valence-corrected chi connectivity index (χ0v) is 34.7. The minimum Gasteiger partial charge on any atom is -0.387 e. The Balaban J connectivity index is 4.48. The highest BCUT2D eigenvalue weighted by molar-refractivity contribution is 7.47. The second-order valence-corrected chi connectivity index (χ2v) is 16.8. The Morgan fingerprint density at radius 2 is 1.10 bits per heavy atom. The first-order valence-corrected chi connectivity index (χ1v) is 22.4. The molecule has 8 nitrogen and oxygen atoms in total. The number of allylic oxidation sites excluding steroid dienone is 5. The highest BCUT2D eigenvalue weighted by Gasteiger charge is 2.27. The van der Waals surface area contributed by atoms with Crippen molar-refractivity contribution in [3.05, 3.63) is 36.5 Å². The molecule has 0 spiro atoms. The number of nitrogens with zero attached hydrogens (tertiary/aromatic N) is 1. The maximum absolute atomic E-state index is 12.8. The van der Waals surface area contributed by atoms with Gasteiger partial charge in [-0.3, -0.25) is 13.8 Å². The summed E-state index contributed by atoms with van der Waals surface area (Å²) in [6.07, 6.45) is 40.8. The number of quaternary nitrogens is 1. The molecule has 1 amide bonds. The summed E-state index contributed by atoms with van der Waals surface area (Å²) in [7, 11) is 1.54. The fourth-order valence-electron chi connectivity index (χ4n) is 5.68. The minimum atomic E-state index is -4.34. The van der Waals surface area contributed by atoms with Crippen LogP contribution < -0.4 is 5.32 Å². The van der Waals surface area contributed by atoms with E-state index in [-0.39, 0.29) is 19.1 Å². The Hall–Kier alpha value is -1.28. The van der Waals surface area contributed by atoms with Crippen LogP contribution in [0.2, 0.25) is 0 Å². The molecule has 0 fully saturated rings. The third kappa shape index (κ3) is 36.9. The van der Waals surface area contributed by atoms with E-state index in [1.807, 2.05) is 27.2 Å². The molecular formula is C42H82N2O6P+. The molecule has 0 heterocycles. The second-order valence-electron chi connectivity index (χ2n) is 15.4. The fraction of sp³-hybridized carbons (Fsp3) is 0.833. The number of rotatable bonds is 37. The van der Waals surface area contributed by atoms with E-state index >= 15 is 0 Å². The van der Waals surface area contributed by atoms with E-state index in [4.69, 9.17) is 9.05 Å². The van der Waals surface area contributed by atoms with Crippen molar-refractivity contribution in [2.75, 3.05) is 40.9 Å². The first-order valence-electron chi connectivity index (χ1n) is 20.9. The van der Waals surface area contributed by atoms with Gasteiger partial charge in [-0.25, -0.2) is 4.57 Å². The van der Waals surface area contributed by atoms with Gasteiger partial charge in [-0.1, -0.05) is 153 Å². The summed E-state index contributed by atoms with van der Waals surface area (Å²) < 4.78 is 23.4. The minimum absolute atomic E-state index is 0.0537. The highest BCUT2D eigenvalue weighted by atomic mass is 31.2. The van der Waals surface area contributed by atoms with Crippen LogP contribution in [0.15, 0.2) is 36.5 Å². The molecule has 3 atom stereocenters. The quantitative estimate of drug-likeness (QED) is 0.0253. The molecular weight excluding hydrogens is 659 g/mol. The number of phosphoric ester groups is 1. The van der Waals surface area contributed by atoms with Crippen molar-refractivity contribution < 1.29 is 32.9 Å². The number of likely N-dealkylation sites (N-methyl/N-ethyl adjacent to an activating group) is 1. The summed E-state index contributed by atoms with van der Waals surface area (Å²) in [6.45, 7) is 4.72. The van der Waals surface area contributed by atoms with Crippen molar-refractivity contribution in [3.63, 3.8) is 0 Å². The first kappa shape index (κ1) is 49.7. The van der Waals surface area contributed by atoms with E-state index in [2.05, 4.69) is 43.5 Å². The number of amides is 1. The van der Waals surface area contributed by atoms with Gasteiger partial charge in [-0.05, 0) is 51.4 Å². The Bertz CT molecular complexity index is 933. The monoisotopic (exact) mass is 742 g/mol. The molecule has 0 bridgehead atoms. The Morgan fingerprint density at radius 1 is 0.647 bits per heavy atom. The highest BCUT2D eigenvalue weighted by Crippen LogP contribution is 2.43. The summed E-state index contributed by atoms with van der Waals surface area (Å²) in [5, 5.41) is 13.7. The molecule has 9 heteroatoms. The van der Waals surface area contributed by atoms with E-state index in [1.165, 1.54) is 96.3 Å². The molecule has 3 N–H and O–H groups in total. The molecule has 0 aliphatic carbocycles. The van der Waals surface area contributed by atoms with E-state index in [0.717, 1.165) is 57.8 Å². The summed E-state index contributed by atoms with van der Waals surface area (Å²) in [4.78, 5) is 23.0. The molecule has 0 saturated heterocycles. The molecule has 0 aromatic carbocycles. The van der Waals surface area contributed by atoms with Gasteiger partial charge in [0.2, 0.25) is 5.91 Å². The van der Waals surface area contributed by atoms with Gasteiger partial charge >= 0.3 is 7.82 Å². The number of carbonyl (C=O) groups is 1. The largest absolute Gasteiger partial charge is 0.472 e. The third-order valence-electron chi connectivity index (χ3n) is 9.08. The topological polar surface area (TPSA) is 105 Å². The van der Waals surface area contributed by atoms with Crippen LogP contribution in [0.4, 0.5) is 0 Å². The number of aliphatic hydroxyl groups is 1. The Labute approximate surface area is 315 Å². The SMILES string of the molecule is CCCC/C=C\CCCCCCC(=O)NC(COP(=O)(O)OCC[N+](C)(C)C)C(O)/C=C/CC/C=C/CCCCCCCCCCCCCCC. The maximum atomic E-state index is 12.8. The summed E-state index contributed by atoms with van der Waals surface area (Å²) in [6, 6.07) is -0.865.